The van der Waals surface area contributed by atoms with E-state index in [2.05, 4.69) is 5.10 Å². The summed E-state index contributed by atoms with van der Waals surface area (Å²) >= 11 is 0. The maximum Gasteiger partial charge on any atom is 0.341 e. The fraction of sp³-hybridized carbons (Fsp3) is 0.286. The van der Waals surface area contributed by atoms with E-state index in [-0.39, 0.29) is 12.6 Å². The zero-order valence-electron chi connectivity index (χ0n) is 10.8. The maximum atomic E-state index is 11.9. The number of nitrogens with zero attached hydrogens (tertiary/aromatic N) is 2. The van der Waals surface area contributed by atoms with Crippen molar-refractivity contribution in [3.8, 4) is 0 Å². The quantitative estimate of drug-likeness (QED) is 0.779. The number of benzene rings is 1. The standard InChI is InChI=1S/C14H16N2O2/c1-10-5-4-6-12(7-10)9-18-14(17)13-8-15-16(3)11(13)2/h4-8H,9H2,1-3H3. The van der Waals surface area contributed by atoms with E-state index in [1.807, 2.05) is 38.1 Å². The first kappa shape index (κ1) is 12.4. The molecule has 0 amide bonds. The number of ether oxygens (including phenoxy) is 1. The zero-order valence-corrected chi connectivity index (χ0v) is 10.8. The number of esters is 1. The molecule has 0 fully saturated rings. The van der Waals surface area contributed by atoms with Gasteiger partial charge in [0.1, 0.15) is 12.2 Å². The Labute approximate surface area is 106 Å². The van der Waals surface area contributed by atoms with Gasteiger partial charge >= 0.3 is 5.97 Å². The largest absolute Gasteiger partial charge is 0.457 e. The molecular formula is C14H16N2O2. The summed E-state index contributed by atoms with van der Waals surface area (Å²) < 4.78 is 6.93. The minimum Gasteiger partial charge on any atom is -0.457 e. The van der Waals surface area contributed by atoms with Crippen LogP contribution >= 0.6 is 0 Å². The second-order valence-electron chi connectivity index (χ2n) is 4.33. The highest BCUT2D eigenvalue weighted by Crippen LogP contribution is 2.10. The Morgan fingerprint density at radius 1 is 1.39 bits per heavy atom. The van der Waals surface area contributed by atoms with Gasteiger partial charge in [-0.1, -0.05) is 29.8 Å². The monoisotopic (exact) mass is 244 g/mol. The number of rotatable bonds is 3. The molecule has 94 valence electrons. The van der Waals surface area contributed by atoms with Crippen molar-refractivity contribution in [2.45, 2.75) is 20.5 Å². The average molecular weight is 244 g/mol. The predicted octanol–water partition coefficient (Wildman–Crippen LogP) is 2.39. The Balaban J connectivity index is 2.03. The topological polar surface area (TPSA) is 44.1 Å². The van der Waals surface area contributed by atoms with Crippen LogP contribution in [0.3, 0.4) is 0 Å². The number of hydrogen-bond donors (Lipinski definition) is 0. The lowest BCUT2D eigenvalue weighted by Gasteiger charge is -2.05. The molecule has 2 aromatic rings. The summed E-state index contributed by atoms with van der Waals surface area (Å²) in [6, 6.07) is 7.91. The van der Waals surface area contributed by atoms with Gasteiger partial charge in [-0.3, -0.25) is 4.68 Å². The van der Waals surface area contributed by atoms with Crippen LogP contribution in [0.4, 0.5) is 0 Å². The number of hydrogen-bond acceptors (Lipinski definition) is 3. The molecule has 1 aromatic carbocycles. The van der Waals surface area contributed by atoms with E-state index >= 15 is 0 Å². The summed E-state index contributed by atoms with van der Waals surface area (Å²) in [6.45, 7) is 4.14. The third kappa shape index (κ3) is 2.59. The van der Waals surface area contributed by atoms with E-state index < -0.39 is 0 Å². The molecule has 18 heavy (non-hydrogen) atoms. The Hall–Kier alpha value is -2.10. The molecule has 0 N–H and O–H groups in total. The van der Waals surface area contributed by atoms with E-state index in [0.717, 1.165) is 16.8 Å². The highest BCUT2D eigenvalue weighted by molar-refractivity contribution is 5.90. The second kappa shape index (κ2) is 5.04. The Morgan fingerprint density at radius 3 is 2.78 bits per heavy atom. The van der Waals surface area contributed by atoms with Crippen LogP contribution in [-0.4, -0.2) is 15.7 Å². The number of carbonyl (C=O) groups is 1. The molecule has 0 radical (unpaired) electrons. The summed E-state index contributed by atoms with van der Waals surface area (Å²) in [7, 11) is 1.80. The molecule has 0 unspecified atom stereocenters. The number of carbonyl (C=O) groups excluding carboxylic acids is 1. The van der Waals surface area contributed by atoms with Gasteiger partial charge in [-0.2, -0.15) is 5.10 Å². The van der Waals surface area contributed by atoms with Crippen molar-refractivity contribution in [2.24, 2.45) is 7.05 Å². The molecule has 1 heterocycles. The highest BCUT2D eigenvalue weighted by atomic mass is 16.5. The van der Waals surface area contributed by atoms with E-state index in [4.69, 9.17) is 4.74 Å². The fourth-order valence-electron chi connectivity index (χ4n) is 1.73. The van der Waals surface area contributed by atoms with Crippen LogP contribution < -0.4 is 0 Å². The SMILES string of the molecule is Cc1cccc(COC(=O)c2cnn(C)c2C)c1. The molecule has 0 atom stereocenters. The van der Waals surface area contributed by atoms with Crippen LogP contribution in [-0.2, 0) is 18.4 Å². The van der Waals surface area contributed by atoms with Gasteiger partial charge in [0.2, 0.25) is 0 Å². The predicted molar refractivity (Wildman–Crippen MR) is 68.2 cm³/mol. The van der Waals surface area contributed by atoms with Gasteiger partial charge in [0.05, 0.1) is 6.20 Å². The average Bonchev–Trinajstić information content (AvgIpc) is 2.67. The Morgan fingerprint density at radius 2 is 2.17 bits per heavy atom. The molecular weight excluding hydrogens is 228 g/mol. The van der Waals surface area contributed by atoms with Crippen molar-refractivity contribution in [3.05, 3.63) is 52.8 Å². The molecule has 1 aromatic heterocycles. The summed E-state index contributed by atoms with van der Waals surface area (Å²) in [5.41, 5.74) is 3.47. The maximum absolute atomic E-state index is 11.9. The lowest BCUT2D eigenvalue weighted by molar-refractivity contribution is 0.0471. The third-order valence-electron chi connectivity index (χ3n) is 2.91. The third-order valence-corrected chi connectivity index (χ3v) is 2.91. The van der Waals surface area contributed by atoms with Crippen LogP contribution in [0.25, 0.3) is 0 Å². The molecule has 0 aliphatic heterocycles. The highest BCUT2D eigenvalue weighted by Gasteiger charge is 2.14. The van der Waals surface area contributed by atoms with Crippen molar-refractivity contribution in [1.82, 2.24) is 9.78 Å². The zero-order chi connectivity index (χ0) is 13.1. The van der Waals surface area contributed by atoms with Gasteiger partial charge in [0.15, 0.2) is 0 Å². The normalized spacial score (nSPS) is 10.4. The summed E-state index contributed by atoms with van der Waals surface area (Å²) in [6.07, 6.45) is 1.54. The Bertz CT molecular complexity index is 573. The van der Waals surface area contributed by atoms with Crippen molar-refractivity contribution >= 4 is 5.97 Å². The van der Waals surface area contributed by atoms with Gasteiger partial charge in [-0.15, -0.1) is 0 Å². The van der Waals surface area contributed by atoms with Crippen LogP contribution in [0, 0.1) is 13.8 Å². The molecule has 4 nitrogen and oxygen atoms in total. The van der Waals surface area contributed by atoms with Crippen molar-refractivity contribution in [3.63, 3.8) is 0 Å². The van der Waals surface area contributed by atoms with Crippen molar-refractivity contribution in [1.29, 1.82) is 0 Å². The van der Waals surface area contributed by atoms with Gasteiger partial charge in [-0.05, 0) is 19.4 Å². The minimum absolute atomic E-state index is 0.287. The first-order valence-electron chi connectivity index (χ1n) is 5.79. The molecule has 0 bridgehead atoms. The molecule has 4 heteroatoms. The van der Waals surface area contributed by atoms with E-state index in [1.165, 1.54) is 6.20 Å². The molecule has 2 rings (SSSR count). The number of aryl methyl sites for hydroxylation is 2. The van der Waals surface area contributed by atoms with Gasteiger partial charge in [0.25, 0.3) is 0 Å². The van der Waals surface area contributed by atoms with Crippen molar-refractivity contribution in [2.75, 3.05) is 0 Å². The van der Waals surface area contributed by atoms with Crippen LogP contribution in [0.2, 0.25) is 0 Å². The van der Waals surface area contributed by atoms with E-state index in [9.17, 15) is 4.79 Å². The smallest absolute Gasteiger partial charge is 0.341 e. The van der Waals surface area contributed by atoms with Gasteiger partial charge < -0.3 is 4.74 Å². The first-order valence-corrected chi connectivity index (χ1v) is 5.79. The summed E-state index contributed by atoms with van der Waals surface area (Å²) in [5, 5.41) is 4.02. The lowest BCUT2D eigenvalue weighted by Crippen LogP contribution is -2.06. The lowest BCUT2D eigenvalue weighted by atomic mass is 10.1. The van der Waals surface area contributed by atoms with Gasteiger partial charge in [-0.25, -0.2) is 4.79 Å². The van der Waals surface area contributed by atoms with Crippen LogP contribution in [0.5, 0.6) is 0 Å². The fourth-order valence-corrected chi connectivity index (χ4v) is 1.73. The molecule has 0 aliphatic rings. The summed E-state index contributed by atoms with van der Waals surface area (Å²) in [4.78, 5) is 11.9. The molecule has 0 spiro atoms. The van der Waals surface area contributed by atoms with Crippen LogP contribution in [0.1, 0.15) is 27.2 Å². The summed E-state index contributed by atoms with van der Waals surface area (Å²) in [5.74, 6) is -0.331. The number of aromatic nitrogens is 2. The molecule has 0 aliphatic carbocycles. The Kier molecular flexibility index (Phi) is 3.46. The molecule has 0 saturated carbocycles. The minimum atomic E-state index is -0.331. The first-order chi connectivity index (χ1) is 8.58. The second-order valence-corrected chi connectivity index (χ2v) is 4.33. The van der Waals surface area contributed by atoms with Gasteiger partial charge in [0, 0.05) is 12.7 Å². The van der Waals surface area contributed by atoms with E-state index in [0.29, 0.717) is 5.56 Å². The van der Waals surface area contributed by atoms with E-state index in [1.54, 1.807) is 11.7 Å². The van der Waals surface area contributed by atoms with Crippen molar-refractivity contribution < 1.29 is 9.53 Å². The van der Waals surface area contributed by atoms with Crippen LogP contribution in [0.15, 0.2) is 30.5 Å². The molecule has 0 saturated heterocycles.